The number of nitrogens with zero attached hydrogens (tertiary/aromatic N) is 4. The van der Waals surface area contributed by atoms with E-state index in [1.54, 1.807) is 20.3 Å². The highest BCUT2D eigenvalue weighted by Crippen LogP contribution is 2.28. The van der Waals surface area contributed by atoms with E-state index >= 15 is 0 Å². The molecule has 0 radical (unpaired) electrons. The fraction of sp³-hybridized carbons (Fsp3) is 0.476. The van der Waals surface area contributed by atoms with E-state index in [1.807, 2.05) is 49.1 Å². The third-order valence-corrected chi connectivity index (χ3v) is 5.49. The molecule has 0 unspecified atom stereocenters. The van der Waals surface area contributed by atoms with Crippen LogP contribution in [0.4, 0.5) is 5.82 Å². The second kappa shape index (κ2) is 12.6. The van der Waals surface area contributed by atoms with Crippen molar-refractivity contribution in [2.75, 3.05) is 65.6 Å². The minimum absolute atomic E-state index is 0.0567. The van der Waals surface area contributed by atoms with Crippen LogP contribution < -0.4 is 19.7 Å². The summed E-state index contributed by atoms with van der Waals surface area (Å²) in [6, 6.07) is 7.60. The van der Waals surface area contributed by atoms with Gasteiger partial charge < -0.3 is 24.6 Å². The molecule has 0 aliphatic rings. The van der Waals surface area contributed by atoms with E-state index in [-0.39, 0.29) is 11.7 Å². The second-order valence-electron chi connectivity index (χ2n) is 7.13. The molecule has 1 aromatic heterocycles. The van der Waals surface area contributed by atoms with Gasteiger partial charge in [-0.15, -0.1) is 0 Å². The van der Waals surface area contributed by atoms with Crippen LogP contribution in [0.1, 0.15) is 5.56 Å². The fourth-order valence-corrected chi connectivity index (χ4v) is 3.60. The van der Waals surface area contributed by atoms with Crippen LogP contribution in [-0.4, -0.2) is 81.5 Å². The topological polar surface area (TPSA) is 79.8 Å². The Morgan fingerprint density at radius 1 is 1.10 bits per heavy atom. The average Bonchev–Trinajstić information content (AvgIpc) is 2.75. The molecule has 2 aromatic rings. The summed E-state index contributed by atoms with van der Waals surface area (Å²) in [5.74, 6) is 2.29. The molecule has 10 heteroatoms. The number of amides is 1. The molecule has 170 valence electrons. The smallest absolute Gasteiger partial charge is 0.230 e. The minimum atomic E-state index is -0.0567. The van der Waals surface area contributed by atoms with Crippen LogP contribution in [0.3, 0.4) is 0 Å². The summed E-state index contributed by atoms with van der Waals surface area (Å²) in [6.07, 6.45) is 0.787. The Balaban J connectivity index is 1.93. The number of carbonyl (C=O) groups excluding carboxylic acids is 1. The number of rotatable bonds is 12. The van der Waals surface area contributed by atoms with Crippen LogP contribution in [-0.2, 0) is 11.2 Å². The van der Waals surface area contributed by atoms with E-state index in [0.717, 1.165) is 25.1 Å². The predicted molar refractivity (Wildman–Crippen MR) is 126 cm³/mol. The second-order valence-corrected chi connectivity index (χ2v) is 8.46. The Morgan fingerprint density at radius 2 is 1.84 bits per heavy atom. The molecule has 0 aliphatic carbocycles. The van der Waals surface area contributed by atoms with E-state index in [0.29, 0.717) is 34.2 Å². The van der Waals surface area contributed by atoms with Gasteiger partial charge in [0.1, 0.15) is 11.0 Å². The summed E-state index contributed by atoms with van der Waals surface area (Å²) in [7, 11) is 9.11. The number of carbonyl (C=O) groups is 1. The molecule has 0 saturated carbocycles. The van der Waals surface area contributed by atoms with Gasteiger partial charge in [0, 0.05) is 32.7 Å². The van der Waals surface area contributed by atoms with Crippen molar-refractivity contribution in [3.8, 4) is 11.5 Å². The monoisotopic (exact) mass is 467 g/mol. The number of benzene rings is 1. The Hall–Kier alpha value is -2.23. The summed E-state index contributed by atoms with van der Waals surface area (Å²) in [4.78, 5) is 24.8. The first kappa shape index (κ1) is 25.0. The molecule has 0 saturated heterocycles. The summed E-state index contributed by atoms with van der Waals surface area (Å²) in [5.41, 5.74) is 1.12. The number of nitrogens with one attached hydrogen (secondary N) is 1. The van der Waals surface area contributed by atoms with Gasteiger partial charge >= 0.3 is 0 Å². The Kier molecular flexibility index (Phi) is 10.2. The lowest BCUT2D eigenvalue weighted by molar-refractivity contribution is -0.118. The Bertz CT molecular complexity index is 869. The minimum Gasteiger partial charge on any atom is -0.493 e. The summed E-state index contributed by atoms with van der Waals surface area (Å²) in [5, 5.41) is 3.69. The van der Waals surface area contributed by atoms with Crippen molar-refractivity contribution in [3.63, 3.8) is 0 Å². The maximum Gasteiger partial charge on any atom is 0.230 e. The van der Waals surface area contributed by atoms with Gasteiger partial charge in [-0.1, -0.05) is 29.4 Å². The zero-order valence-corrected chi connectivity index (χ0v) is 20.2. The van der Waals surface area contributed by atoms with E-state index in [1.165, 1.54) is 11.8 Å². The maximum absolute atomic E-state index is 12.0. The normalized spacial score (nSPS) is 10.8. The quantitative estimate of drug-likeness (QED) is 0.290. The van der Waals surface area contributed by atoms with Crippen molar-refractivity contribution in [1.82, 2.24) is 20.2 Å². The highest BCUT2D eigenvalue weighted by Gasteiger charge is 2.11. The van der Waals surface area contributed by atoms with Crippen molar-refractivity contribution >= 4 is 35.1 Å². The van der Waals surface area contributed by atoms with Gasteiger partial charge in [0.25, 0.3) is 0 Å². The first-order chi connectivity index (χ1) is 14.8. The van der Waals surface area contributed by atoms with Gasteiger partial charge in [-0.3, -0.25) is 4.79 Å². The molecule has 1 amide bonds. The van der Waals surface area contributed by atoms with Crippen LogP contribution in [0.15, 0.2) is 29.4 Å². The van der Waals surface area contributed by atoms with Crippen molar-refractivity contribution in [2.24, 2.45) is 0 Å². The number of thioether (sulfide) groups is 1. The molecule has 2 rings (SSSR count). The van der Waals surface area contributed by atoms with Crippen LogP contribution >= 0.6 is 23.4 Å². The van der Waals surface area contributed by atoms with E-state index in [9.17, 15) is 4.79 Å². The third kappa shape index (κ3) is 8.43. The molecule has 0 aliphatic heterocycles. The zero-order chi connectivity index (χ0) is 22.8. The molecular formula is C21H30ClN5O3S. The molecule has 8 nitrogen and oxygen atoms in total. The highest BCUT2D eigenvalue weighted by atomic mass is 35.5. The maximum atomic E-state index is 12.0. The number of hydrogen-bond donors (Lipinski definition) is 1. The van der Waals surface area contributed by atoms with E-state index in [2.05, 4.69) is 15.3 Å². The summed E-state index contributed by atoms with van der Waals surface area (Å²) < 4.78 is 10.7. The van der Waals surface area contributed by atoms with Gasteiger partial charge in [-0.05, 0) is 38.2 Å². The fourth-order valence-electron chi connectivity index (χ4n) is 2.69. The number of ether oxygens (including phenoxy) is 2. The molecule has 1 heterocycles. The summed E-state index contributed by atoms with van der Waals surface area (Å²) in [6.45, 7) is 2.12. The number of methoxy groups -OCH3 is 2. The SMILES string of the molecule is COc1ccc(CCN(C)c2cc(Cl)nc(SCC(=O)NCCN(C)C)n2)cc1OC. The van der Waals surface area contributed by atoms with Gasteiger partial charge in [-0.2, -0.15) is 0 Å². The van der Waals surface area contributed by atoms with E-state index < -0.39 is 0 Å². The molecule has 1 aromatic carbocycles. The van der Waals surface area contributed by atoms with Gasteiger partial charge in [0.2, 0.25) is 5.91 Å². The van der Waals surface area contributed by atoms with Crippen molar-refractivity contribution in [1.29, 1.82) is 0 Å². The van der Waals surface area contributed by atoms with Crippen LogP contribution in [0.5, 0.6) is 11.5 Å². The van der Waals surface area contributed by atoms with Crippen LogP contribution in [0.25, 0.3) is 0 Å². The highest BCUT2D eigenvalue weighted by molar-refractivity contribution is 7.99. The van der Waals surface area contributed by atoms with Crippen LogP contribution in [0.2, 0.25) is 5.15 Å². The van der Waals surface area contributed by atoms with Crippen molar-refractivity contribution in [3.05, 3.63) is 35.0 Å². The van der Waals surface area contributed by atoms with Gasteiger partial charge in [0.15, 0.2) is 16.7 Å². The average molecular weight is 468 g/mol. The summed E-state index contributed by atoms with van der Waals surface area (Å²) >= 11 is 7.46. The number of aromatic nitrogens is 2. The molecule has 0 atom stereocenters. The number of halogens is 1. The molecule has 0 bridgehead atoms. The van der Waals surface area contributed by atoms with Gasteiger partial charge in [-0.25, -0.2) is 9.97 Å². The van der Waals surface area contributed by atoms with E-state index in [4.69, 9.17) is 21.1 Å². The lowest BCUT2D eigenvalue weighted by Crippen LogP contribution is -2.32. The van der Waals surface area contributed by atoms with Crippen molar-refractivity contribution in [2.45, 2.75) is 11.6 Å². The lowest BCUT2D eigenvalue weighted by Gasteiger charge is -2.19. The van der Waals surface area contributed by atoms with Crippen molar-refractivity contribution < 1.29 is 14.3 Å². The first-order valence-corrected chi connectivity index (χ1v) is 11.2. The third-order valence-electron chi connectivity index (χ3n) is 4.45. The largest absolute Gasteiger partial charge is 0.493 e. The molecule has 31 heavy (non-hydrogen) atoms. The number of anilines is 1. The standard InChI is InChI=1S/C21H30ClN5O3S/c1-26(2)11-9-23-20(28)14-31-21-24-18(22)13-19(25-21)27(3)10-8-15-6-7-16(29-4)17(12-15)30-5/h6-7,12-13H,8-11,14H2,1-5H3,(H,23,28). The molecule has 0 spiro atoms. The van der Waals surface area contributed by atoms with Crippen LogP contribution in [0, 0.1) is 0 Å². The zero-order valence-electron chi connectivity index (χ0n) is 18.6. The number of likely N-dealkylation sites (N-methyl/N-ethyl adjacent to an activating group) is 2. The lowest BCUT2D eigenvalue weighted by atomic mass is 10.1. The Morgan fingerprint density at radius 3 is 2.52 bits per heavy atom. The first-order valence-electron chi connectivity index (χ1n) is 9.83. The van der Waals surface area contributed by atoms with Gasteiger partial charge in [0.05, 0.1) is 20.0 Å². The molecule has 1 N–H and O–H groups in total. The Labute approximate surface area is 193 Å². The number of hydrogen-bond acceptors (Lipinski definition) is 8. The predicted octanol–water partition coefficient (Wildman–Crippen LogP) is 2.60. The molecule has 0 fully saturated rings. The molecular weight excluding hydrogens is 438 g/mol.